The maximum Gasteiger partial charge on any atom is 0.311 e. The lowest BCUT2D eigenvalue weighted by Gasteiger charge is -2.59. The van der Waals surface area contributed by atoms with Crippen molar-refractivity contribution in [2.24, 2.45) is 51.8 Å². The minimum Gasteiger partial charge on any atom is -0.481 e. The number of carbonyl (C=O) groups excluding carboxylic acids is 1. The lowest BCUT2D eigenvalue weighted by Crippen LogP contribution is -2.63. The Labute approximate surface area is 139 Å². The number of aldehydes is 1. The number of rotatable bonds is 3. The molecule has 0 aromatic rings. The molecule has 1 unspecified atom stereocenters. The topological polar surface area (TPSA) is 54.4 Å². The van der Waals surface area contributed by atoms with Crippen LogP contribution in [0.5, 0.6) is 0 Å². The van der Waals surface area contributed by atoms with Gasteiger partial charge in [-0.3, -0.25) is 4.79 Å². The quantitative estimate of drug-likeness (QED) is 0.800. The zero-order valence-electron chi connectivity index (χ0n) is 14.8. The number of carboxylic acids is 1. The van der Waals surface area contributed by atoms with E-state index in [0.717, 1.165) is 38.4 Å². The molecule has 128 valence electrons. The molecule has 23 heavy (non-hydrogen) atoms. The molecule has 4 aliphatic rings. The van der Waals surface area contributed by atoms with E-state index >= 15 is 0 Å². The Bertz CT molecular complexity index is 569. The van der Waals surface area contributed by atoms with Crippen LogP contribution in [0.15, 0.2) is 0 Å². The van der Waals surface area contributed by atoms with Crippen molar-refractivity contribution in [2.75, 3.05) is 0 Å². The third kappa shape index (κ3) is 1.37. The Hall–Kier alpha value is -0.860. The van der Waals surface area contributed by atoms with Crippen molar-refractivity contribution in [3.63, 3.8) is 0 Å². The second-order valence-electron chi connectivity index (χ2n) is 9.71. The van der Waals surface area contributed by atoms with Gasteiger partial charge in [-0.2, -0.15) is 0 Å². The smallest absolute Gasteiger partial charge is 0.311 e. The molecule has 0 aromatic carbocycles. The van der Waals surface area contributed by atoms with E-state index in [2.05, 4.69) is 27.7 Å². The van der Waals surface area contributed by atoms with Crippen molar-refractivity contribution in [2.45, 2.75) is 59.8 Å². The van der Waals surface area contributed by atoms with E-state index in [0.29, 0.717) is 29.6 Å². The Morgan fingerprint density at radius 1 is 1.26 bits per heavy atom. The summed E-state index contributed by atoms with van der Waals surface area (Å²) in [4.78, 5) is 25.3. The average molecular weight is 318 g/mol. The van der Waals surface area contributed by atoms with Gasteiger partial charge in [-0.05, 0) is 66.6 Å². The second-order valence-corrected chi connectivity index (χ2v) is 9.71. The molecule has 4 rings (SSSR count). The van der Waals surface area contributed by atoms with Crippen LogP contribution in [-0.2, 0) is 9.59 Å². The lowest BCUT2D eigenvalue weighted by atomic mass is 9.42. The van der Waals surface area contributed by atoms with Gasteiger partial charge >= 0.3 is 5.97 Å². The van der Waals surface area contributed by atoms with Gasteiger partial charge in [0.15, 0.2) is 0 Å². The highest BCUT2D eigenvalue weighted by Crippen LogP contribution is 2.84. The fraction of sp³-hybridized carbons (Fsp3) is 0.900. The highest BCUT2D eigenvalue weighted by molar-refractivity contribution is 5.86. The summed E-state index contributed by atoms with van der Waals surface area (Å²) in [5.41, 5.74) is -1.64. The Morgan fingerprint density at radius 3 is 2.52 bits per heavy atom. The number of fused-ring (bicyclic) bond motifs is 2. The molecular formula is C20H30O3. The molecular weight excluding hydrogens is 288 g/mol. The molecule has 0 amide bonds. The molecule has 0 saturated heterocycles. The van der Waals surface area contributed by atoms with E-state index in [1.54, 1.807) is 0 Å². The molecule has 3 heteroatoms. The number of hydrogen-bond acceptors (Lipinski definition) is 2. The first-order valence-electron chi connectivity index (χ1n) is 9.46. The first kappa shape index (κ1) is 15.7. The molecule has 4 saturated carbocycles. The van der Waals surface area contributed by atoms with Crippen LogP contribution in [0.4, 0.5) is 0 Å². The zero-order valence-corrected chi connectivity index (χ0v) is 14.8. The van der Waals surface area contributed by atoms with Crippen LogP contribution < -0.4 is 0 Å². The van der Waals surface area contributed by atoms with Gasteiger partial charge < -0.3 is 9.90 Å². The van der Waals surface area contributed by atoms with Crippen molar-refractivity contribution in [3.8, 4) is 0 Å². The molecule has 0 radical (unpaired) electrons. The highest BCUT2D eigenvalue weighted by atomic mass is 16.4. The Balaban J connectivity index is 1.98. The SMILES string of the molecule is CC(C)C1C[C@H]2C[C@]3(C=O)[C@@H]4CC[C@@H](C)[C@H]4C[C@@]2(C)[C@]13C(=O)O. The van der Waals surface area contributed by atoms with Gasteiger partial charge in [0.2, 0.25) is 0 Å². The molecule has 4 bridgehead atoms. The maximum absolute atomic E-state index is 12.8. The van der Waals surface area contributed by atoms with Crippen LogP contribution in [0.3, 0.4) is 0 Å². The van der Waals surface area contributed by atoms with Gasteiger partial charge in [0, 0.05) is 5.41 Å². The van der Waals surface area contributed by atoms with E-state index in [1.807, 2.05) is 0 Å². The number of aliphatic carboxylic acids is 1. The molecule has 0 spiro atoms. The monoisotopic (exact) mass is 318 g/mol. The Kier molecular flexibility index (Phi) is 3.00. The first-order chi connectivity index (χ1) is 10.8. The van der Waals surface area contributed by atoms with Crippen LogP contribution in [0.2, 0.25) is 0 Å². The summed E-state index contributed by atoms with van der Waals surface area (Å²) >= 11 is 0. The van der Waals surface area contributed by atoms with E-state index in [9.17, 15) is 14.7 Å². The summed E-state index contributed by atoms with van der Waals surface area (Å²) in [7, 11) is 0. The third-order valence-electron chi connectivity index (χ3n) is 9.07. The van der Waals surface area contributed by atoms with Gasteiger partial charge in [0.05, 0.1) is 5.41 Å². The molecule has 0 heterocycles. The molecule has 4 fully saturated rings. The fourth-order valence-corrected chi connectivity index (χ4v) is 8.36. The molecule has 0 aliphatic heterocycles. The molecule has 3 nitrogen and oxygen atoms in total. The summed E-state index contributed by atoms with van der Waals surface area (Å²) in [5.74, 6) is 1.69. The summed E-state index contributed by atoms with van der Waals surface area (Å²) < 4.78 is 0. The van der Waals surface area contributed by atoms with Gasteiger partial charge in [0.1, 0.15) is 6.29 Å². The van der Waals surface area contributed by atoms with Gasteiger partial charge in [0.25, 0.3) is 0 Å². The van der Waals surface area contributed by atoms with Crippen molar-refractivity contribution in [1.82, 2.24) is 0 Å². The number of hydrogen-bond donors (Lipinski definition) is 1. The van der Waals surface area contributed by atoms with Crippen LogP contribution in [-0.4, -0.2) is 17.4 Å². The number of carbonyl (C=O) groups is 2. The van der Waals surface area contributed by atoms with E-state index in [4.69, 9.17) is 0 Å². The van der Waals surface area contributed by atoms with Gasteiger partial charge in [-0.25, -0.2) is 0 Å². The molecule has 8 atom stereocenters. The van der Waals surface area contributed by atoms with E-state index in [-0.39, 0.29) is 11.3 Å². The van der Waals surface area contributed by atoms with E-state index < -0.39 is 16.8 Å². The largest absolute Gasteiger partial charge is 0.481 e. The fourth-order valence-electron chi connectivity index (χ4n) is 8.36. The number of carboxylic acid groups (broad SMARTS) is 1. The maximum atomic E-state index is 12.8. The van der Waals surface area contributed by atoms with Crippen molar-refractivity contribution in [3.05, 3.63) is 0 Å². The van der Waals surface area contributed by atoms with Gasteiger partial charge in [-0.15, -0.1) is 0 Å². The van der Waals surface area contributed by atoms with Crippen LogP contribution in [0.25, 0.3) is 0 Å². The van der Waals surface area contributed by atoms with Crippen molar-refractivity contribution < 1.29 is 14.7 Å². The summed E-state index contributed by atoms with van der Waals surface area (Å²) in [6.45, 7) is 8.85. The lowest BCUT2D eigenvalue weighted by molar-refractivity contribution is -0.195. The Morgan fingerprint density at radius 2 is 1.96 bits per heavy atom. The predicted molar refractivity (Wildman–Crippen MR) is 87.7 cm³/mol. The average Bonchev–Trinajstić information content (AvgIpc) is 3.03. The summed E-state index contributed by atoms with van der Waals surface area (Å²) in [6, 6.07) is 0. The predicted octanol–water partition coefficient (Wildman–Crippen LogP) is 4.01. The minimum absolute atomic E-state index is 0.144. The molecule has 1 N–H and O–H groups in total. The van der Waals surface area contributed by atoms with Crippen LogP contribution >= 0.6 is 0 Å². The zero-order chi connectivity index (χ0) is 16.8. The van der Waals surface area contributed by atoms with Crippen LogP contribution in [0.1, 0.15) is 59.8 Å². The minimum atomic E-state index is -0.828. The third-order valence-corrected chi connectivity index (χ3v) is 9.07. The highest BCUT2D eigenvalue weighted by Gasteiger charge is 2.84. The van der Waals surface area contributed by atoms with Gasteiger partial charge in [-0.1, -0.05) is 34.1 Å². The standard InChI is InChI=1S/C20H30O3/c1-11(2)16-7-13-8-19(10-21)15-6-5-12(3)14(15)9-18(13,4)20(16,19)17(22)23/h10-16H,5-9H2,1-4H3,(H,22,23)/t12-,13+,14-,15-,16?,18-,19+,20-/m1/s1. The van der Waals surface area contributed by atoms with E-state index in [1.165, 1.54) is 0 Å². The normalized spacial score (nSPS) is 56.8. The summed E-state index contributed by atoms with van der Waals surface area (Å²) in [5, 5.41) is 10.5. The first-order valence-corrected chi connectivity index (χ1v) is 9.46. The van der Waals surface area contributed by atoms with Crippen molar-refractivity contribution in [1.29, 1.82) is 0 Å². The molecule has 4 aliphatic carbocycles. The van der Waals surface area contributed by atoms with Crippen molar-refractivity contribution >= 4 is 12.3 Å². The second kappa shape index (κ2) is 4.40. The van der Waals surface area contributed by atoms with Crippen LogP contribution in [0, 0.1) is 51.8 Å². The summed E-state index contributed by atoms with van der Waals surface area (Å²) in [6.07, 6.45) is 6.19. The molecule has 0 aromatic heterocycles.